The lowest BCUT2D eigenvalue weighted by atomic mass is 10.1. The molecule has 0 aliphatic heterocycles. The second kappa shape index (κ2) is 8.51. The third-order valence-electron chi connectivity index (χ3n) is 3.68. The Morgan fingerprint density at radius 3 is 2.36 bits per heavy atom. The Bertz CT molecular complexity index is 847. The van der Waals surface area contributed by atoms with E-state index in [0.29, 0.717) is 23.4 Å². The van der Waals surface area contributed by atoms with Crippen molar-refractivity contribution in [1.29, 1.82) is 0 Å². The highest BCUT2D eigenvalue weighted by atomic mass is 32.2. The summed E-state index contributed by atoms with van der Waals surface area (Å²) >= 11 is 1.65. The molecule has 0 aliphatic carbocycles. The number of thioether (sulfide) groups is 1. The van der Waals surface area contributed by atoms with Crippen LogP contribution in [0.5, 0.6) is 0 Å². The molecule has 1 amide bonds. The molecule has 0 fully saturated rings. The summed E-state index contributed by atoms with van der Waals surface area (Å²) < 4.78 is 22.1. The summed E-state index contributed by atoms with van der Waals surface area (Å²) in [5.41, 5.74) is 3.73. The van der Waals surface area contributed by atoms with Gasteiger partial charge in [-0.3, -0.25) is 4.79 Å². The topological polar surface area (TPSA) is 89.3 Å². The zero-order valence-corrected chi connectivity index (χ0v) is 15.9. The van der Waals surface area contributed by atoms with Gasteiger partial charge in [0.15, 0.2) is 0 Å². The molecule has 0 atom stereocenters. The average Bonchev–Trinajstić information content (AvgIpc) is 2.51. The van der Waals surface area contributed by atoms with Crippen molar-refractivity contribution < 1.29 is 13.2 Å². The first-order valence-electron chi connectivity index (χ1n) is 7.82. The number of amides is 1. The van der Waals surface area contributed by atoms with Crippen LogP contribution >= 0.6 is 11.8 Å². The number of carbonyl (C=O) groups is 1. The lowest BCUT2D eigenvalue weighted by molar-refractivity contribution is -0.115. The number of carbonyl (C=O) groups excluding carboxylic acids is 1. The summed E-state index contributed by atoms with van der Waals surface area (Å²) in [6.45, 7) is 4.15. The van der Waals surface area contributed by atoms with E-state index in [9.17, 15) is 13.2 Å². The smallest absolute Gasteiger partial charge is 0.225 e. The van der Waals surface area contributed by atoms with Crippen LogP contribution in [0.3, 0.4) is 0 Å². The number of nitrogens with one attached hydrogen (secondary N) is 1. The maximum atomic E-state index is 12.0. The molecule has 0 unspecified atom stereocenters. The highest BCUT2D eigenvalue weighted by Crippen LogP contribution is 2.22. The molecule has 25 heavy (non-hydrogen) atoms. The highest BCUT2D eigenvalue weighted by molar-refractivity contribution is 7.99. The third-order valence-corrected chi connectivity index (χ3v) is 5.41. The van der Waals surface area contributed by atoms with Crippen LogP contribution in [-0.4, -0.2) is 20.1 Å². The average molecular weight is 379 g/mol. The van der Waals surface area contributed by atoms with Crippen LogP contribution in [0, 0.1) is 13.8 Å². The van der Waals surface area contributed by atoms with Crippen molar-refractivity contribution in [2.75, 3.05) is 11.1 Å². The van der Waals surface area contributed by atoms with Crippen molar-refractivity contribution in [2.24, 2.45) is 5.14 Å². The number of benzene rings is 2. The molecule has 0 bridgehead atoms. The molecule has 0 aliphatic rings. The second-order valence-corrected chi connectivity index (χ2v) is 8.68. The summed E-state index contributed by atoms with van der Waals surface area (Å²) in [6.07, 6.45) is 0.399. The van der Waals surface area contributed by atoms with Crippen LogP contribution in [0.4, 0.5) is 5.69 Å². The molecular formula is C18H22N2O3S2. The molecule has 7 heteroatoms. The SMILES string of the molecule is Cc1ccc(SCCC(=O)Nc2ccc(CS(N)(=O)=O)cc2)cc1C. The Labute approximate surface area is 153 Å². The number of anilines is 1. The van der Waals surface area contributed by atoms with Crippen molar-refractivity contribution in [1.82, 2.24) is 0 Å². The van der Waals surface area contributed by atoms with Gasteiger partial charge in [-0.1, -0.05) is 18.2 Å². The molecule has 2 aromatic carbocycles. The minimum absolute atomic E-state index is 0.0736. The van der Waals surface area contributed by atoms with Gasteiger partial charge in [-0.05, 0) is 54.8 Å². The van der Waals surface area contributed by atoms with Gasteiger partial charge in [-0.25, -0.2) is 13.6 Å². The molecule has 2 rings (SSSR count). The fraction of sp³-hybridized carbons (Fsp3) is 0.278. The van der Waals surface area contributed by atoms with Gasteiger partial charge in [0.2, 0.25) is 15.9 Å². The molecule has 134 valence electrons. The van der Waals surface area contributed by atoms with E-state index in [1.54, 1.807) is 36.0 Å². The van der Waals surface area contributed by atoms with Crippen LogP contribution in [0.2, 0.25) is 0 Å². The largest absolute Gasteiger partial charge is 0.326 e. The standard InChI is InChI=1S/C18H22N2O3S2/c1-13-3-8-17(11-14(13)2)24-10-9-18(21)20-16-6-4-15(5-7-16)12-25(19,22)23/h3-8,11H,9-10,12H2,1-2H3,(H,20,21)(H2,19,22,23). The fourth-order valence-corrected chi connectivity index (χ4v) is 3.81. The molecule has 2 aromatic rings. The minimum Gasteiger partial charge on any atom is -0.326 e. The molecule has 0 saturated carbocycles. The van der Waals surface area contributed by atoms with Gasteiger partial charge >= 0.3 is 0 Å². The predicted octanol–water partition coefficient (Wildman–Crippen LogP) is 3.21. The van der Waals surface area contributed by atoms with Gasteiger partial charge in [0.1, 0.15) is 0 Å². The minimum atomic E-state index is -3.55. The van der Waals surface area contributed by atoms with Gasteiger partial charge in [-0.15, -0.1) is 11.8 Å². The Kier molecular flexibility index (Phi) is 6.64. The first-order chi connectivity index (χ1) is 11.7. The van der Waals surface area contributed by atoms with Crippen molar-refractivity contribution in [2.45, 2.75) is 30.9 Å². The van der Waals surface area contributed by atoms with Gasteiger partial charge < -0.3 is 5.32 Å². The van der Waals surface area contributed by atoms with Crippen molar-refractivity contribution in [3.63, 3.8) is 0 Å². The van der Waals surface area contributed by atoms with E-state index in [2.05, 4.69) is 37.4 Å². The predicted molar refractivity (Wildman–Crippen MR) is 103 cm³/mol. The van der Waals surface area contributed by atoms with Crippen LogP contribution in [0.25, 0.3) is 0 Å². The van der Waals surface area contributed by atoms with Crippen molar-refractivity contribution >= 4 is 33.4 Å². The third kappa shape index (κ3) is 6.89. The van der Waals surface area contributed by atoms with Crippen molar-refractivity contribution in [3.05, 3.63) is 59.2 Å². The summed E-state index contributed by atoms with van der Waals surface area (Å²) in [5.74, 6) is 0.404. The second-order valence-electron chi connectivity index (χ2n) is 5.90. The maximum absolute atomic E-state index is 12.0. The number of primary sulfonamides is 1. The Morgan fingerprint density at radius 1 is 1.08 bits per heavy atom. The lowest BCUT2D eigenvalue weighted by Gasteiger charge is -2.07. The monoisotopic (exact) mass is 378 g/mol. The molecule has 0 radical (unpaired) electrons. The number of rotatable bonds is 7. The lowest BCUT2D eigenvalue weighted by Crippen LogP contribution is -2.15. The van der Waals surface area contributed by atoms with Crippen LogP contribution in [0.1, 0.15) is 23.1 Å². The Morgan fingerprint density at radius 2 is 1.76 bits per heavy atom. The summed E-state index contributed by atoms with van der Waals surface area (Å²) in [6, 6.07) is 12.9. The van der Waals surface area contributed by atoms with E-state index >= 15 is 0 Å². The van der Waals surface area contributed by atoms with Gasteiger partial charge in [0.05, 0.1) is 5.75 Å². The summed E-state index contributed by atoms with van der Waals surface area (Å²) in [4.78, 5) is 13.2. The van der Waals surface area contributed by atoms with Gasteiger partial charge in [0, 0.05) is 22.8 Å². The zero-order chi connectivity index (χ0) is 18.4. The number of hydrogen-bond acceptors (Lipinski definition) is 4. The molecule has 3 N–H and O–H groups in total. The summed E-state index contributed by atoms with van der Waals surface area (Å²) in [7, 11) is -3.55. The van der Waals surface area contributed by atoms with Gasteiger partial charge in [0.25, 0.3) is 0 Å². The Balaban J connectivity index is 1.80. The van der Waals surface area contributed by atoms with Gasteiger partial charge in [-0.2, -0.15) is 0 Å². The molecule has 0 heterocycles. The first kappa shape index (κ1) is 19.5. The van der Waals surface area contributed by atoms with E-state index in [0.717, 1.165) is 4.90 Å². The Hall–Kier alpha value is -1.83. The molecule has 0 aromatic heterocycles. The van der Waals surface area contributed by atoms with Crippen LogP contribution < -0.4 is 10.5 Å². The maximum Gasteiger partial charge on any atom is 0.225 e. The van der Waals surface area contributed by atoms with E-state index in [4.69, 9.17) is 5.14 Å². The molecule has 5 nitrogen and oxygen atoms in total. The fourth-order valence-electron chi connectivity index (χ4n) is 2.21. The molecule has 0 spiro atoms. The first-order valence-corrected chi connectivity index (χ1v) is 10.5. The number of sulfonamides is 1. The molecule has 0 saturated heterocycles. The normalized spacial score (nSPS) is 11.3. The summed E-state index contributed by atoms with van der Waals surface area (Å²) in [5, 5.41) is 7.81. The number of aryl methyl sites for hydroxylation is 2. The van der Waals surface area contributed by atoms with Crippen LogP contribution in [0.15, 0.2) is 47.4 Å². The van der Waals surface area contributed by atoms with Crippen molar-refractivity contribution in [3.8, 4) is 0 Å². The quantitative estimate of drug-likeness (QED) is 0.724. The number of nitrogens with two attached hydrogens (primary N) is 1. The number of hydrogen-bond donors (Lipinski definition) is 2. The van der Waals surface area contributed by atoms with E-state index < -0.39 is 10.0 Å². The van der Waals surface area contributed by atoms with E-state index in [1.165, 1.54) is 11.1 Å². The highest BCUT2D eigenvalue weighted by Gasteiger charge is 2.07. The molecular weight excluding hydrogens is 356 g/mol. The zero-order valence-electron chi connectivity index (χ0n) is 14.3. The van der Waals surface area contributed by atoms with E-state index in [1.807, 2.05) is 0 Å². The van der Waals surface area contributed by atoms with Crippen LogP contribution in [-0.2, 0) is 20.6 Å². The van der Waals surface area contributed by atoms with E-state index in [-0.39, 0.29) is 11.7 Å².